The molecule has 0 spiro atoms. The van der Waals surface area contributed by atoms with Crippen molar-refractivity contribution in [3.8, 4) is 0 Å². The average Bonchev–Trinajstić information content (AvgIpc) is 3.21. The first kappa shape index (κ1) is 23.0. The molecule has 0 radical (unpaired) electrons. The number of nitrogens with zero attached hydrogens (tertiary/aromatic N) is 4. The van der Waals surface area contributed by atoms with Crippen molar-refractivity contribution in [2.24, 2.45) is 0 Å². The van der Waals surface area contributed by atoms with Crippen LogP contribution < -0.4 is 4.90 Å². The second-order valence-corrected chi connectivity index (χ2v) is 9.73. The van der Waals surface area contributed by atoms with Crippen molar-refractivity contribution in [1.82, 2.24) is 14.9 Å². The van der Waals surface area contributed by atoms with E-state index in [9.17, 15) is 18.0 Å². The number of carbonyl (C=O) groups excluding carboxylic acids is 1. The predicted octanol–water partition coefficient (Wildman–Crippen LogP) is 4.70. The second kappa shape index (κ2) is 9.14. The molecule has 6 nitrogen and oxygen atoms in total. The van der Waals surface area contributed by atoms with Crippen molar-refractivity contribution in [3.05, 3.63) is 51.7 Å². The molecule has 1 saturated heterocycles. The summed E-state index contributed by atoms with van der Waals surface area (Å²) in [4.78, 5) is 28.6. The molecule has 0 unspecified atom stereocenters. The quantitative estimate of drug-likeness (QED) is 0.531. The number of piperazine rings is 1. The zero-order valence-electron chi connectivity index (χ0n) is 18.8. The van der Waals surface area contributed by atoms with Gasteiger partial charge in [-0.25, -0.2) is 9.97 Å². The third kappa shape index (κ3) is 4.36. The van der Waals surface area contributed by atoms with E-state index in [-0.39, 0.29) is 11.5 Å². The Kier molecular flexibility index (Phi) is 6.20. The number of aromatic nitrogens is 2. The van der Waals surface area contributed by atoms with Crippen LogP contribution in [0.2, 0.25) is 0 Å². The van der Waals surface area contributed by atoms with Crippen LogP contribution in [-0.2, 0) is 30.4 Å². The molecule has 180 valence electrons. The van der Waals surface area contributed by atoms with E-state index in [4.69, 9.17) is 14.7 Å². The Morgan fingerprint density at radius 1 is 1.12 bits per heavy atom. The van der Waals surface area contributed by atoms with Gasteiger partial charge in [0.1, 0.15) is 17.3 Å². The minimum absolute atomic E-state index is 0.0574. The van der Waals surface area contributed by atoms with E-state index >= 15 is 0 Å². The van der Waals surface area contributed by atoms with Gasteiger partial charge >= 0.3 is 6.18 Å². The number of rotatable bonds is 4. The summed E-state index contributed by atoms with van der Waals surface area (Å²) >= 11 is 1.73. The van der Waals surface area contributed by atoms with E-state index in [1.165, 1.54) is 29.0 Å². The van der Waals surface area contributed by atoms with Crippen molar-refractivity contribution in [2.75, 3.05) is 38.2 Å². The molecule has 1 amide bonds. The number of benzene rings is 1. The summed E-state index contributed by atoms with van der Waals surface area (Å²) in [5.74, 6) is 1.13. The van der Waals surface area contributed by atoms with Crippen LogP contribution in [0.25, 0.3) is 10.2 Å². The molecular weight excluding hydrogens is 465 g/mol. The molecule has 0 bridgehead atoms. The highest BCUT2D eigenvalue weighted by molar-refractivity contribution is 7.19. The second-order valence-electron chi connectivity index (χ2n) is 8.65. The molecule has 1 aliphatic carbocycles. The van der Waals surface area contributed by atoms with Gasteiger partial charge in [0.25, 0.3) is 5.91 Å². The number of ether oxygens (including phenoxy) is 1. The highest BCUT2D eigenvalue weighted by Crippen LogP contribution is 2.40. The van der Waals surface area contributed by atoms with E-state index in [1.807, 2.05) is 0 Å². The fourth-order valence-corrected chi connectivity index (χ4v) is 6.01. The molecule has 1 aliphatic heterocycles. The Hall–Kier alpha value is -2.72. The van der Waals surface area contributed by atoms with E-state index in [1.54, 1.807) is 23.3 Å². The van der Waals surface area contributed by atoms with Crippen LogP contribution in [0.5, 0.6) is 0 Å². The van der Waals surface area contributed by atoms with Crippen LogP contribution in [0, 0.1) is 0 Å². The number of carbonyl (C=O) groups is 1. The summed E-state index contributed by atoms with van der Waals surface area (Å²) in [6.07, 6.45) is -0.0633. The van der Waals surface area contributed by atoms with E-state index in [0.29, 0.717) is 38.6 Å². The van der Waals surface area contributed by atoms with Crippen LogP contribution in [0.15, 0.2) is 24.3 Å². The van der Waals surface area contributed by atoms with Gasteiger partial charge in [0.15, 0.2) is 5.82 Å². The summed E-state index contributed by atoms with van der Waals surface area (Å²) in [5, 5.41) is 1.11. The van der Waals surface area contributed by atoms with Crippen LogP contribution in [0.1, 0.15) is 45.0 Å². The maximum absolute atomic E-state index is 13.1. The number of aryl methyl sites for hydroxylation is 2. The van der Waals surface area contributed by atoms with Gasteiger partial charge in [-0.05, 0) is 49.4 Å². The van der Waals surface area contributed by atoms with Gasteiger partial charge in [-0.3, -0.25) is 4.79 Å². The molecular formula is C24H25F3N4O2S. The number of fused-ring (bicyclic) bond motifs is 3. The lowest BCUT2D eigenvalue weighted by Crippen LogP contribution is -2.49. The maximum Gasteiger partial charge on any atom is 0.416 e. The van der Waals surface area contributed by atoms with Crippen molar-refractivity contribution < 1.29 is 22.7 Å². The van der Waals surface area contributed by atoms with Crippen molar-refractivity contribution >= 4 is 33.3 Å². The number of amides is 1. The van der Waals surface area contributed by atoms with Gasteiger partial charge in [-0.2, -0.15) is 13.2 Å². The number of hydrogen-bond acceptors (Lipinski definition) is 6. The zero-order chi connectivity index (χ0) is 23.9. The molecule has 1 fully saturated rings. The molecule has 3 aromatic rings. The molecule has 3 heterocycles. The minimum atomic E-state index is -4.48. The maximum atomic E-state index is 13.1. The fraction of sp³-hybridized carbons (Fsp3) is 0.458. The molecule has 1 aromatic carbocycles. The Balaban J connectivity index is 1.39. The summed E-state index contributed by atoms with van der Waals surface area (Å²) in [7, 11) is 1.62. The Morgan fingerprint density at radius 2 is 1.88 bits per heavy atom. The first-order valence-corrected chi connectivity index (χ1v) is 12.2. The number of thiophene rings is 1. The smallest absolute Gasteiger partial charge is 0.377 e. The fourth-order valence-electron chi connectivity index (χ4n) is 4.74. The molecule has 0 atom stereocenters. The zero-order valence-corrected chi connectivity index (χ0v) is 19.6. The van der Waals surface area contributed by atoms with E-state index in [0.717, 1.165) is 47.4 Å². The monoisotopic (exact) mass is 490 g/mol. The van der Waals surface area contributed by atoms with Gasteiger partial charge < -0.3 is 14.5 Å². The highest BCUT2D eigenvalue weighted by atomic mass is 32.1. The highest BCUT2D eigenvalue weighted by Gasteiger charge is 2.32. The lowest BCUT2D eigenvalue weighted by molar-refractivity contribution is -0.137. The van der Waals surface area contributed by atoms with Crippen LogP contribution in [0.4, 0.5) is 19.0 Å². The molecule has 0 N–H and O–H groups in total. The molecule has 0 saturated carbocycles. The van der Waals surface area contributed by atoms with Gasteiger partial charge in [0.2, 0.25) is 0 Å². The van der Waals surface area contributed by atoms with Crippen molar-refractivity contribution in [1.29, 1.82) is 0 Å². The summed E-state index contributed by atoms with van der Waals surface area (Å²) in [6, 6.07) is 4.62. The number of anilines is 1. The lowest BCUT2D eigenvalue weighted by atomic mass is 9.97. The Morgan fingerprint density at radius 3 is 2.62 bits per heavy atom. The Labute approximate surface area is 199 Å². The molecule has 5 rings (SSSR count). The predicted molar refractivity (Wildman–Crippen MR) is 124 cm³/mol. The van der Waals surface area contributed by atoms with Crippen molar-refractivity contribution in [3.63, 3.8) is 0 Å². The number of alkyl halides is 3. The molecule has 10 heteroatoms. The Bertz CT molecular complexity index is 1220. The SMILES string of the molecule is COCc1nc(N2CCN(C(=O)c3cccc(C(F)(F)F)c3)CC2)c2c3c(sc2n1)CCCC3. The van der Waals surface area contributed by atoms with Crippen LogP contribution in [0.3, 0.4) is 0 Å². The molecule has 2 aliphatic rings. The standard InChI is InChI=1S/C24H25F3N4O2S/c1-33-14-19-28-21(20-17-7-2-3-8-18(17)34-22(20)29-19)30-9-11-31(12-10-30)23(32)15-5-4-6-16(13-15)24(25,26)27/h4-6,13H,2-3,7-12,14H2,1H3. The topological polar surface area (TPSA) is 58.6 Å². The normalized spacial score (nSPS) is 16.7. The average molecular weight is 491 g/mol. The summed E-state index contributed by atoms with van der Waals surface area (Å²) < 4.78 is 44.5. The third-order valence-corrected chi connectivity index (χ3v) is 7.60. The van der Waals surface area contributed by atoms with Gasteiger partial charge in [-0.1, -0.05) is 6.07 Å². The number of hydrogen-bond donors (Lipinski definition) is 0. The number of methoxy groups -OCH3 is 1. The summed E-state index contributed by atoms with van der Waals surface area (Å²) in [5.41, 5.74) is 0.586. The van der Waals surface area contributed by atoms with E-state index in [2.05, 4.69) is 4.90 Å². The minimum Gasteiger partial charge on any atom is -0.377 e. The van der Waals surface area contributed by atoms with E-state index < -0.39 is 11.7 Å². The summed E-state index contributed by atoms with van der Waals surface area (Å²) in [6.45, 7) is 2.24. The number of halogens is 3. The van der Waals surface area contributed by atoms with Gasteiger partial charge in [0, 0.05) is 43.7 Å². The lowest BCUT2D eigenvalue weighted by Gasteiger charge is -2.36. The first-order chi connectivity index (χ1) is 16.3. The van der Waals surface area contributed by atoms with Crippen LogP contribution in [-0.4, -0.2) is 54.1 Å². The molecule has 34 heavy (non-hydrogen) atoms. The van der Waals surface area contributed by atoms with Crippen molar-refractivity contribution in [2.45, 2.75) is 38.5 Å². The largest absolute Gasteiger partial charge is 0.416 e. The van der Waals surface area contributed by atoms with Gasteiger partial charge in [-0.15, -0.1) is 11.3 Å². The van der Waals surface area contributed by atoms with Gasteiger partial charge in [0.05, 0.1) is 10.9 Å². The molecule has 2 aromatic heterocycles. The third-order valence-electron chi connectivity index (χ3n) is 6.42. The first-order valence-electron chi connectivity index (χ1n) is 11.4. The van der Waals surface area contributed by atoms with Crippen LogP contribution >= 0.6 is 11.3 Å².